The average Bonchev–Trinajstić information content (AvgIpc) is 2.99. The Morgan fingerprint density at radius 2 is 1.88 bits per heavy atom. The van der Waals surface area contributed by atoms with Crippen LogP contribution in [-0.2, 0) is 6.61 Å². The molecule has 1 aromatic heterocycles. The van der Waals surface area contributed by atoms with Crippen molar-refractivity contribution in [2.75, 3.05) is 5.32 Å². The minimum Gasteiger partial charge on any atom is -0.455 e. The Morgan fingerprint density at radius 1 is 1.12 bits per heavy atom. The lowest BCUT2D eigenvalue weighted by molar-refractivity contribution is 0.0991. The Hall–Kier alpha value is -3.05. The van der Waals surface area contributed by atoms with Gasteiger partial charge in [0.25, 0.3) is 5.91 Å². The fourth-order valence-electron chi connectivity index (χ4n) is 2.48. The largest absolute Gasteiger partial charge is 0.455 e. The number of benzene rings is 2. The summed E-state index contributed by atoms with van der Waals surface area (Å²) in [5, 5.41) is 12.0. The predicted octanol–water partition coefficient (Wildman–Crippen LogP) is 4.43. The van der Waals surface area contributed by atoms with Gasteiger partial charge >= 0.3 is 0 Å². The summed E-state index contributed by atoms with van der Waals surface area (Å²) in [5.74, 6) is 1.36. The van der Waals surface area contributed by atoms with Crippen LogP contribution in [0.4, 0.5) is 5.69 Å². The van der Waals surface area contributed by atoms with Crippen LogP contribution >= 0.6 is 0 Å². The second kappa shape index (κ2) is 7.23. The van der Waals surface area contributed by atoms with Gasteiger partial charge in [-0.05, 0) is 49.7 Å². The number of furan rings is 1. The highest BCUT2D eigenvalue weighted by Gasteiger charge is 2.17. The summed E-state index contributed by atoms with van der Waals surface area (Å²) >= 11 is 0. The number of aryl methyl sites for hydroxylation is 2. The number of ether oxygens (including phenoxy) is 1. The quantitative estimate of drug-likeness (QED) is 0.722. The van der Waals surface area contributed by atoms with Gasteiger partial charge in [0, 0.05) is 5.56 Å². The van der Waals surface area contributed by atoms with Crippen LogP contribution in [0.5, 0.6) is 11.5 Å². The monoisotopic (exact) mass is 337 g/mol. The number of amides is 1. The molecule has 0 atom stereocenters. The van der Waals surface area contributed by atoms with Crippen LogP contribution in [0.2, 0.25) is 0 Å². The van der Waals surface area contributed by atoms with Crippen LogP contribution in [0, 0.1) is 13.8 Å². The number of hydrogen-bond donors (Lipinski definition) is 2. The van der Waals surface area contributed by atoms with Crippen LogP contribution < -0.4 is 10.1 Å². The van der Waals surface area contributed by atoms with E-state index < -0.39 is 0 Å². The molecule has 0 saturated carbocycles. The minimum absolute atomic E-state index is 0.177. The van der Waals surface area contributed by atoms with E-state index >= 15 is 0 Å². The molecule has 0 aliphatic rings. The summed E-state index contributed by atoms with van der Waals surface area (Å²) in [6.45, 7) is 3.44. The lowest BCUT2D eigenvalue weighted by Gasteiger charge is -2.13. The molecule has 3 aromatic rings. The van der Waals surface area contributed by atoms with Gasteiger partial charge < -0.3 is 19.6 Å². The van der Waals surface area contributed by atoms with E-state index in [2.05, 4.69) is 5.32 Å². The van der Waals surface area contributed by atoms with E-state index in [0.717, 1.165) is 5.56 Å². The summed E-state index contributed by atoms with van der Waals surface area (Å²) in [7, 11) is 0. The number of nitrogens with one attached hydrogen (secondary N) is 1. The molecule has 0 unspecified atom stereocenters. The topological polar surface area (TPSA) is 71.7 Å². The van der Waals surface area contributed by atoms with Gasteiger partial charge in [-0.15, -0.1) is 0 Å². The minimum atomic E-state index is -0.388. The molecule has 0 spiro atoms. The van der Waals surface area contributed by atoms with E-state index in [-0.39, 0.29) is 18.3 Å². The lowest BCUT2D eigenvalue weighted by atomic mass is 10.2. The smallest absolute Gasteiger partial charge is 0.291 e. The second-order valence-electron chi connectivity index (χ2n) is 5.75. The van der Waals surface area contributed by atoms with Crippen molar-refractivity contribution in [1.82, 2.24) is 0 Å². The highest BCUT2D eigenvalue weighted by atomic mass is 16.5. The molecule has 0 aliphatic carbocycles. The van der Waals surface area contributed by atoms with Gasteiger partial charge in [0.05, 0.1) is 5.69 Å². The van der Waals surface area contributed by atoms with E-state index in [1.54, 1.807) is 13.0 Å². The molecule has 0 fully saturated rings. The molecular formula is C20H19NO4. The molecule has 5 heteroatoms. The molecule has 3 rings (SSSR count). The zero-order valence-corrected chi connectivity index (χ0v) is 14.1. The van der Waals surface area contributed by atoms with Crippen molar-refractivity contribution < 1.29 is 19.1 Å². The van der Waals surface area contributed by atoms with Gasteiger partial charge in [0.2, 0.25) is 0 Å². The normalized spacial score (nSPS) is 10.5. The molecular weight excluding hydrogens is 318 g/mol. The third kappa shape index (κ3) is 3.89. The van der Waals surface area contributed by atoms with E-state index in [1.165, 1.54) is 0 Å². The predicted molar refractivity (Wildman–Crippen MR) is 95.0 cm³/mol. The number of aliphatic hydroxyl groups excluding tert-OH is 1. The molecule has 0 saturated heterocycles. The number of aliphatic hydroxyl groups is 1. The van der Waals surface area contributed by atoms with Crippen LogP contribution in [-0.4, -0.2) is 11.0 Å². The van der Waals surface area contributed by atoms with Crippen LogP contribution in [0.1, 0.15) is 27.4 Å². The maximum absolute atomic E-state index is 12.5. The first kappa shape index (κ1) is 16.8. The highest BCUT2D eigenvalue weighted by molar-refractivity contribution is 6.04. The van der Waals surface area contributed by atoms with Crippen molar-refractivity contribution in [1.29, 1.82) is 0 Å². The Morgan fingerprint density at radius 3 is 2.56 bits per heavy atom. The van der Waals surface area contributed by atoms with Gasteiger partial charge in [-0.3, -0.25) is 4.79 Å². The maximum atomic E-state index is 12.5. The maximum Gasteiger partial charge on any atom is 0.291 e. The van der Waals surface area contributed by atoms with Gasteiger partial charge in [-0.25, -0.2) is 0 Å². The molecule has 2 N–H and O–H groups in total. The molecule has 128 valence electrons. The Balaban J connectivity index is 1.87. The third-order valence-corrected chi connectivity index (χ3v) is 3.69. The van der Waals surface area contributed by atoms with Crippen molar-refractivity contribution in [3.63, 3.8) is 0 Å². The van der Waals surface area contributed by atoms with Crippen LogP contribution in [0.3, 0.4) is 0 Å². The zero-order chi connectivity index (χ0) is 17.8. The SMILES string of the molecule is Cc1ccc(Oc2ccccc2)c(NC(=O)c2oc(CO)cc2C)c1. The Bertz CT molecular complexity index is 884. The van der Waals surface area contributed by atoms with Crippen LogP contribution in [0.25, 0.3) is 0 Å². The first-order valence-corrected chi connectivity index (χ1v) is 7.92. The first-order valence-electron chi connectivity index (χ1n) is 7.92. The molecule has 5 nitrogen and oxygen atoms in total. The van der Waals surface area contributed by atoms with E-state index in [4.69, 9.17) is 14.3 Å². The van der Waals surface area contributed by atoms with Gasteiger partial charge in [-0.2, -0.15) is 0 Å². The number of carbonyl (C=O) groups is 1. The van der Waals surface area contributed by atoms with Crippen molar-refractivity contribution in [3.05, 3.63) is 77.2 Å². The standard InChI is InChI=1S/C20H19NO4/c1-13-8-9-18(24-15-6-4-3-5-7-15)17(10-13)21-20(23)19-14(2)11-16(12-22)25-19/h3-11,22H,12H2,1-2H3,(H,21,23). The van der Waals surface area contributed by atoms with Crippen molar-refractivity contribution >= 4 is 11.6 Å². The van der Waals surface area contributed by atoms with Crippen molar-refractivity contribution in [2.45, 2.75) is 20.5 Å². The number of para-hydroxylation sites is 1. The number of anilines is 1. The third-order valence-electron chi connectivity index (χ3n) is 3.69. The average molecular weight is 337 g/mol. The van der Waals surface area contributed by atoms with E-state index in [0.29, 0.717) is 28.5 Å². The van der Waals surface area contributed by atoms with E-state index in [9.17, 15) is 4.79 Å². The highest BCUT2D eigenvalue weighted by Crippen LogP contribution is 2.31. The summed E-state index contributed by atoms with van der Waals surface area (Å²) in [6, 6.07) is 16.6. The molecule has 0 aliphatic heterocycles. The molecule has 1 amide bonds. The second-order valence-corrected chi connectivity index (χ2v) is 5.75. The van der Waals surface area contributed by atoms with Gasteiger partial charge in [0.15, 0.2) is 11.5 Å². The number of hydrogen-bond acceptors (Lipinski definition) is 4. The van der Waals surface area contributed by atoms with Crippen LogP contribution in [0.15, 0.2) is 59.0 Å². The fraction of sp³-hybridized carbons (Fsp3) is 0.150. The van der Waals surface area contributed by atoms with Crippen molar-refractivity contribution in [3.8, 4) is 11.5 Å². The van der Waals surface area contributed by atoms with Gasteiger partial charge in [0.1, 0.15) is 18.1 Å². The molecule has 2 aromatic carbocycles. The fourth-order valence-corrected chi connectivity index (χ4v) is 2.48. The summed E-state index contributed by atoms with van der Waals surface area (Å²) < 4.78 is 11.3. The summed E-state index contributed by atoms with van der Waals surface area (Å²) in [4.78, 5) is 12.5. The first-order chi connectivity index (χ1) is 12.1. The molecule has 25 heavy (non-hydrogen) atoms. The zero-order valence-electron chi connectivity index (χ0n) is 14.1. The van der Waals surface area contributed by atoms with Crippen molar-refractivity contribution in [2.24, 2.45) is 0 Å². The molecule has 0 bridgehead atoms. The van der Waals surface area contributed by atoms with Gasteiger partial charge in [-0.1, -0.05) is 24.3 Å². The molecule has 1 heterocycles. The number of rotatable bonds is 5. The number of carbonyl (C=O) groups excluding carboxylic acids is 1. The lowest BCUT2D eigenvalue weighted by Crippen LogP contribution is -2.13. The van der Waals surface area contributed by atoms with E-state index in [1.807, 2.05) is 55.5 Å². The summed E-state index contributed by atoms with van der Waals surface area (Å²) in [5.41, 5.74) is 2.21. The summed E-state index contributed by atoms with van der Waals surface area (Å²) in [6.07, 6.45) is 0. The molecule has 0 radical (unpaired) electrons. The Kier molecular flexibility index (Phi) is 4.86. The Labute approximate surface area is 145 Å².